The van der Waals surface area contributed by atoms with Crippen LogP contribution in [0, 0.1) is 0 Å². The summed E-state index contributed by atoms with van der Waals surface area (Å²) in [5, 5.41) is 0. The van der Waals surface area contributed by atoms with E-state index in [0.717, 1.165) is 47.7 Å². The van der Waals surface area contributed by atoms with Gasteiger partial charge in [0.15, 0.2) is 5.65 Å². The fourth-order valence-electron chi connectivity index (χ4n) is 2.50. The van der Waals surface area contributed by atoms with E-state index in [1.807, 2.05) is 35.0 Å². The number of hydrogen-bond donors (Lipinski definition) is 1. The lowest BCUT2D eigenvalue weighted by atomic mass is 10.1. The van der Waals surface area contributed by atoms with E-state index in [2.05, 4.69) is 29.5 Å². The Hall–Kier alpha value is -2.21. The monoisotopic (exact) mass is 343 g/mol. The van der Waals surface area contributed by atoms with Gasteiger partial charge in [0.1, 0.15) is 16.9 Å². The fraction of sp³-hybridized carbons (Fsp3) is 0.333. The molecule has 24 heavy (non-hydrogen) atoms. The Morgan fingerprint density at radius 3 is 2.96 bits per heavy atom. The second-order valence-electron chi connectivity index (χ2n) is 5.54. The Balaban J connectivity index is 1.96. The van der Waals surface area contributed by atoms with Gasteiger partial charge in [0.05, 0.1) is 19.0 Å². The minimum absolute atomic E-state index is 0.158. The van der Waals surface area contributed by atoms with Gasteiger partial charge < -0.3 is 13.9 Å². The quantitative estimate of drug-likeness (QED) is 0.515. The molecule has 1 aromatic carbocycles. The van der Waals surface area contributed by atoms with Crippen molar-refractivity contribution in [3.63, 3.8) is 0 Å². The predicted molar refractivity (Wildman–Crippen MR) is 97.9 cm³/mol. The van der Waals surface area contributed by atoms with E-state index >= 15 is 0 Å². The number of imidazole rings is 1. The van der Waals surface area contributed by atoms with Crippen molar-refractivity contribution in [2.24, 2.45) is 0 Å². The molecule has 0 bridgehead atoms. The molecular weight excluding hydrogens is 322 g/mol. The second-order valence-corrected chi connectivity index (χ2v) is 6.12. The molecular formula is C18H21N3O2S. The number of rotatable bonds is 7. The van der Waals surface area contributed by atoms with Crippen LogP contribution >= 0.6 is 12.6 Å². The molecule has 0 saturated heterocycles. The zero-order valence-corrected chi connectivity index (χ0v) is 14.7. The van der Waals surface area contributed by atoms with E-state index in [0.29, 0.717) is 0 Å². The smallest absolute Gasteiger partial charge is 0.155 e. The van der Waals surface area contributed by atoms with Crippen molar-refractivity contribution in [2.75, 3.05) is 7.11 Å². The molecule has 3 rings (SSSR count). The highest BCUT2D eigenvalue weighted by molar-refractivity contribution is 7.80. The molecule has 0 saturated carbocycles. The van der Waals surface area contributed by atoms with E-state index in [1.165, 1.54) is 0 Å². The van der Waals surface area contributed by atoms with Crippen LogP contribution in [0.2, 0.25) is 0 Å². The normalized spacial score (nSPS) is 12.3. The highest BCUT2D eigenvalue weighted by Gasteiger charge is 2.14. The van der Waals surface area contributed by atoms with Crippen LogP contribution < -0.4 is 9.47 Å². The molecule has 5 nitrogen and oxygen atoms in total. The van der Waals surface area contributed by atoms with Crippen LogP contribution in [-0.2, 0) is 0 Å². The highest BCUT2D eigenvalue weighted by Crippen LogP contribution is 2.34. The molecule has 2 aromatic heterocycles. The Kier molecular flexibility index (Phi) is 5.25. The van der Waals surface area contributed by atoms with Gasteiger partial charge in [-0.3, -0.25) is 4.98 Å². The summed E-state index contributed by atoms with van der Waals surface area (Å²) in [5.41, 5.74) is 2.38. The third kappa shape index (κ3) is 3.64. The first-order chi connectivity index (χ1) is 11.7. The summed E-state index contributed by atoms with van der Waals surface area (Å²) < 4.78 is 13.3. The number of nitrogens with zero attached hydrogens (tertiary/aromatic N) is 3. The molecule has 0 aliphatic carbocycles. The third-order valence-electron chi connectivity index (χ3n) is 3.80. The number of hydrogen-bond acceptors (Lipinski definition) is 5. The summed E-state index contributed by atoms with van der Waals surface area (Å²) in [4.78, 5) is 8.73. The number of thiol groups is 1. The number of ether oxygens (including phenoxy) is 2. The maximum absolute atomic E-state index is 6.06. The van der Waals surface area contributed by atoms with Crippen molar-refractivity contribution in [3.05, 3.63) is 43.0 Å². The van der Waals surface area contributed by atoms with Gasteiger partial charge in [0.2, 0.25) is 0 Å². The standard InChI is InChI=1S/C18H21N3O2S/c1-3-4-5-18(24)23-16-10-13(22-2)6-7-14(16)15-12-21-9-8-19-11-17(21)20-15/h6-12,18,24H,3-5H2,1-2H3. The molecule has 0 fully saturated rings. The number of fused-ring (bicyclic) bond motifs is 1. The number of unbranched alkanes of at least 4 members (excludes halogenated alkanes) is 1. The van der Waals surface area contributed by atoms with Crippen LogP contribution in [0.1, 0.15) is 26.2 Å². The van der Waals surface area contributed by atoms with E-state index in [-0.39, 0.29) is 5.44 Å². The van der Waals surface area contributed by atoms with Crippen molar-refractivity contribution in [1.29, 1.82) is 0 Å². The molecule has 1 atom stereocenters. The molecule has 0 radical (unpaired) electrons. The minimum Gasteiger partial charge on any atom is -0.497 e. The van der Waals surface area contributed by atoms with E-state index in [9.17, 15) is 0 Å². The van der Waals surface area contributed by atoms with Gasteiger partial charge in [0.25, 0.3) is 0 Å². The molecule has 0 amide bonds. The van der Waals surface area contributed by atoms with Gasteiger partial charge in [0, 0.05) is 30.2 Å². The first-order valence-corrected chi connectivity index (χ1v) is 8.54. The highest BCUT2D eigenvalue weighted by atomic mass is 32.1. The number of methoxy groups -OCH3 is 1. The van der Waals surface area contributed by atoms with Crippen molar-refractivity contribution in [1.82, 2.24) is 14.4 Å². The Labute approximate surface area is 147 Å². The largest absolute Gasteiger partial charge is 0.497 e. The summed E-state index contributed by atoms with van der Waals surface area (Å²) >= 11 is 4.55. The zero-order valence-electron chi connectivity index (χ0n) is 13.8. The minimum atomic E-state index is -0.158. The lowest BCUT2D eigenvalue weighted by Crippen LogP contribution is -2.09. The molecule has 2 heterocycles. The van der Waals surface area contributed by atoms with Crippen molar-refractivity contribution < 1.29 is 9.47 Å². The van der Waals surface area contributed by atoms with Crippen molar-refractivity contribution in [3.8, 4) is 22.8 Å². The van der Waals surface area contributed by atoms with Crippen molar-refractivity contribution in [2.45, 2.75) is 31.6 Å². The molecule has 3 aromatic rings. The summed E-state index contributed by atoms with van der Waals surface area (Å²) in [6.07, 6.45) is 10.4. The van der Waals surface area contributed by atoms with Gasteiger partial charge >= 0.3 is 0 Å². The van der Waals surface area contributed by atoms with E-state index < -0.39 is 0 Å². The van der Waals surface area contributed by atoms with Crippen molar-refractivity contribution >= 4 is 18.3 Å². The molecule has 0 N–H and O–H groups in total. The first kappa shape index (κ1) is 16.6. The average molecular weight is 343 g/mol. The maximum Gasteiger partial charge on any atom is 0.155 e. The molecule has 0 aliphatic rings. The topological polar surface area (TPSA) is 48.7 Å². The Morgan fingerprint density at radius 1 is 1.33 bits per heavy atom. The summed E-state index contributed by atoms with van der Waals surface area (Å²) in [7, 11) is 1.64. The van der Waals surface area contributed by atoms with Crippen LogP contribution in [0.4, 0.5) is 0 Å². The maximum atomic E-state index is 6.06. The van der Waals surface area contributed by atoms with Gasteiger partial charge in [-0.2, -0.15) is 0 Å². The van der Waals surface area contributed by atoms with Gasteiger partial charge in [-0.1, -0.05) is 13.3 Å². The van der Waals surface area contributed by atoms with Crippen LogP contribution in [-0.4, -0.2) is 26.9 Å². The fourth-order valence-corrected chi connectivity index (χ4v) is 2.79. The van der Waals surface area contributed by atoms with Crippen LogP contribution in [0.15, 0.2) is 43.0 Å². The first-order valence-electron chi connectivity index (χ1n) is 8.03. The van der Waals surface area contributed by atoms with Crippen LogP contribution in [0.3, 0.4) is 0 Å². The summed E-state index contributed by atoms with van der Waals surface area (Å²) in [5.74, 6) is 1.47. The number of benzene rings is 1. The lowest BCUT2D eigenvalue weighted by Gasteiger charge is -2.16. The summed E-state index contributed by atoms with van der Waals surface area (Å²) in [6.45, 7) is 2.15. The average Bonchev–Trinajstić information content (AvgIpc) is 3.03. The zero-order chi connectivity index (χ0) is 16.9. The molecule has 1 unspecified atom stereocenters. The Morgan fingerprint density at radius 2 is 2.21 bits per heavy atom. The third-order valence-corrected chi connectivity index (χ3v) is 4.16. The van der Waals surface area contributed by atoms with Gasteiger partial charge in [-0.25, -0.2) is 4.98 Å². The van der Waals surface area contributed by atoms with E-state index in [4.69, 9.17) is 9.47 Å². The van der Waals surface area contributed by atoms with Crippen LogP contribution in [0.5, 0.6) is 11.5 Å². The van der Waals surface area contributed by atoms with Gasteiger partial charge in [-0.15, -0.1) is 12.6 Å². The predicted octanol–water partition coefficient (Wildman–Crippen LogP) is 4.23. The van der Waals surface area contributed by atoms with Gasteiger partial charge in [-0.05, 0) is 25.0 Å². The molecule has 6 heteroatoms. The molecule has 0 spiro atoms. The Bertz CT molecular complexity index is 786. The lowest BCUT2D eigenvalue weighted by molar-refractivity contribution is 0.274. The second kappa shape index (κ2) is 7.57. The summed E-state index contributed by atoms with van der Waals surface area (Å²) in [6, 6.07) is 5.75. The van der Waals surface area contributed by atoms with E-state index in [1.54, 1.807) is 19.5 Å². The molecule has 0 aliphatic heterocycles. The SMILES string of the molecule is CCCCC(S)Oc1cc(OC)ccc1-c1cn2ccncc2n1. The van der Waals surface area contributed by atoms with Crippen LogP contribution in [0.25, 0.3) is 16.9 Å². The molecule has 126 valence electrons. The number of aromatic nitrogens is 3.